The Morgan fingerprint density at radius 2 is 0.976 bits per heavy atom. The van der Waals surface area contributed by atoms with Crippen molar-refractivity contribution in [1.82, 2.24) is 29.1 Å². The number of aromatic nitrogens is 6. The fourth-order valence-corrected chi connectivity index (χ4v) is 6.34. The summed E-state index contributed by atoms with van der Waals surface area (Å²) >= 11 is 11.9. The molecule has 6 aromatic rings. The van der Waals surface area contributed by atoms with Gasteiger partial charge in [0.2, 0.25) is 0 Å². The number of aryl methyl sites for hydroxylation is 2. The molecule has 0 unspecified atom stereocenters. The highest BCUT2D eigenvalue weighted by molar-refractivity contribution is 7.93. The second-order valence-corrected chi connectivity index (χ2v) is 13.0. The number of pyridine rings is 2. The molecular formula is C26H22Cl2N8O4S2. The molecule has 2 aromatic carbocycles. The summed E-state index contributed by atoms with van der Waals surface area (Å²) in [6.07, 6.45) is 3.14. The van der Waals surface area contributed by atoms with Gasteiger partial charge in [-0.05, 0) is 24.3 Å². The van der Waals surface area contributed by atoms with E-state index in [1.165, 1.54) is 24.3 Å². The Hall–Kier alpha value is -4.24. The minimum absolute atomic E-state index is 0.113. The van der Waals surface area contributed by atoms with Crippen molar-refractivity contribution in [2.45, 2.75) is 9.79 Å². The number of hydrogen-bond acceptors (Lipinski definition) is 8. The number of rotatable bonds is 6. The van der Waals surface area contributed by atoms with Crippen LogP contribution in [0.1, 0.15) is 0 Å². The molecule has 0 aliphatic rings. The number of imidazole rings is 2. The maximum atomic E-state index is 12.3. The molecule has 4 heterocycles. The zero-order valence-corrected chi connectivity index (χ0v) is 25.1. The summed E-state index contributed by atoms with van der Waals surface area (Å²) in [5.74, 6) is 0.226. The summed E-state index contributed by atoms with van der Waals surface area (Å²) < 4.78 is 57.7. The predicted octanol–water partition coefficient (Wildman–Crippen LogP) is 4.85. The first-order chi connectivity index (χ1) is 19.9. The Morgan fingerprint density at radius 1 is 0.619 bits per heavy atom. The maximum Gasteiger partial charge on any atom is 0.263 e. The number of nitrogens with one attached hydrogen (secondary N) is 2. The van der Waals surface area contributed by atoms with E-state index in [0.29, 0.717) is 22.1 Å². The fraction of sp³-hybridized carbons (Fsp3) is 0.0769. The van der Waals surface area contributed by atoms with Crippen LogP contribution in [0, 0.1) is 0 Å². The predicted molar refractivity (Wildman–Crippen MR) is 162 cm³/mol. The summed E-state index contributed by atoms with van der Waals surface area (Å²) in [6, 6.07) is 19.4. The molecule has 42 heavy (non-hydrogen) atoms. The lowest BCUT2D eigenvalue weighted by atomic mass is 10.4. The third-order valence-corrected chi connectivity index (χ3v) is 9.03. The number of nitrogens with zero attached hydrogens (tertiary/aromatic N) is 6. The molecule has 0 amide bonds. The number of hydrogen-bond donors (Lipinski definition) is 2. The van der Waals surface area contributed by atoms with Crippen molar-refractivity contribution in [3.05, 3.63) is 95.8 Å². The molecule has 0 saturated carbocycles. The van der Waals surface area contributed by atoms with E-state index in [0.717, 1.165) is 0 Å². The van der Waals surface area contributed by atoms with Crippen molar-refractivity contribution in [3.8, 4) is 0 Å². The smallest absolute Gasteiger partial charge is 0.263 e. The zero-order valence-electron chi connectivity index (χ0n) is 22.0. The monoisotopic (exact) mass is 644 g/mol. The zero-order chi connectivity index (χ0) is 30.1. The second-order valence-electron chi connectivity index (χ2n) is 8.87. The molecule has 0 aliphatic heterocycles. The van der Waals surface area contributed by atoms with Crippen molar-refractivity contribution in [2.24, 2.45) is 14.1 Å². The highest BCUT2D eigenvalue weighted by Crippen LogP contribution is 2.26. The molecular weight excluding hydrogens is 623 g/mol. The van der Waals surface area contributed by atoms with Crippen molar-refractivity contribution >= 4 is 77.0 Å². The van der Waals surface area contributed by atoms with E-state index in [1.54, 1.807) is 84.4 Å². The normalized spacial score (nSPS) is 11.7. The Bertz CT molecular complexity index is 1970. The van der Waals surface area contributed by atoms with Gasteiger partial charge in [-0.3, -0.25) is 9.44 Å². The van der Waals surface area contributed by atoms with Crippen LogP contribution in [0.2, 0.25) is 10.3 Å². The first-order valence-corrected chi connectivity index (χ1v) is 15.8. The third kappa shape index (κ3) is 6.16. The molecule has 0 fully saturated rings. The summed E-state index contributed by atoms with van der Waals surface area (Å²) in [5.41, 5.74) is 2.28. The fourth-order valence-electron chi connectivity index (χ4n) is 3.91. The Morgan fingerprint density at radius 3 is 1.33 bits per heavy atom. The molecule has 6 rings (SSSR count). The quantitative estimate of drug-likeness (QED) is 0.244. The highest BCUT2D eigenvalue weighted by Gasteiger charge is 2.19. The Kier molecular flexibility index (Phi) is 8.06. The van der Waals surface area contributed by atoms with Crippen LogP contribution in [0.3, 0.4) is 0 Å². The van der Waals surface area contributed by atoms with Crippen LogP contribution < -0.4 is 9.44 Å². The van der Waals surface area contributed by atoms with E-state index in [1.807, 2.05) is 0 Å². The lowest BCUT2D eigenvalue weighted by molar-refractivity contribution is 0.599. The minimum atomic E-state index is -3.73. The average molecular weight is 646 g/mol. The molecule has 216 valence electrons. The van der Waals surface area contributed by atoms with Crippen LogP contribution in [0.4, 0.5) is 11.6 Å². The van der Waals surface area contributed by atoms with Crippen LogP contribution in [0.5, 0.6) is 0 Å². The van der Waals surface area contributed by atoms with Gasteiger partial charge in [0.1, 0.15) is 21.3 Å². The molecule has 16 heteroatoms. The first kappa shape index (κ1) is 29.3. The molecule has 0 radical (unpaired) electrons. The van der Waals surface area contributed by atoms with Gasteiger partial charge >= 0.3 is 0 Å². The molecule has 0 spiro atoms. The molecule has 0 bridgehead atoms. The average Bonchev–Trinajstić information content (AvgIpc) is 3.52. The van der Waals surface area contributed by atoms with Crippen LogP contribution in [-0.4, -0.2) is 45.9 Å². The number of sulfonamides is 2. The van der Waals surface area contributed by atoms with E-state index >= 15 is 0 Å². The Labute approximate surface area is 251 Å². The van der Waals surface area contributed by atoms with Gasteiger partial charge in [0.25, 0.3) is 20.0 Å². The molecule has 0 aliphatic carbocycles. The van der Waals surface area contributed by atoms with Gasteiger partial charge in [-0.1, -0.05) is 59.6 Å². The number of benzene rings is 2. The molecule has 2 N–H and O–H groups in total. The van der Waals surface area contributed by atoms with Crippen LogP contribution in [0.15, 0.2) is 95.2 Å². The van der Waals surface area contributed by atoms with Crippen molar-refractivity contribution < 1.29 is 16.8 Å². The second kappa shape index (κ2) is 11.6. The first-order valence-electron chi connectivity index (χ1n) is 12.1. The molecule has 0 atom stereocenters. The van der Waals surface area contributed by atoms with Gasteiger partial charge in [0, 0.05) is 26.2 Å². The lowest BCUT2D eigenvalue weighted by Gasteiger charge is -2.08. The van der Waals surface area contributed by atoms with Crippen molar-refractivity contribution in [1.29, 1.82) is 0 Å². The maximum absolute atomic E-state index is 12.3. The molecule has 0 saturated heterocycles. The SMILES string of the molecule is Cn1cnc2c(NS(=O)(=O)c3ccccc3)nc(Cl)cc21.Cn1cnc2c(NS(=O)(=O)c3ccccc3)nc(Cl)cc21. The van der Waals surface area contributed by atoms with E-state index in [9.17, 15) is 16.8 Å². The van der Waals surface area contributed by atoms with Gasteiger partial charge in [-0.2, -0.15) is 0 Å². The minimum Gasteiger partial charge on any atom is -0.334 e. The van der Waals surface area contributed by atoms with E-state index in [-0.39, 0.29) is 31.7 Å². The molecule has 12 nitrogen and oxygen atoms in total. The van der Waals surface area contributed by atoms with E-state index in [2.05, 4.69) is 29.4 Å². The van der Waals surface area contributed by atoms with Gasteiger partial charge in [-0.15, -0.1) is 0 Å². The van der Waals surface area contributed by atoms with Crippen molar-refractivity contribution in [3.63, 3.8) is 0 Å². The Balaban J connectivity index is 0.000000168. The van der Waals surface area contributed by atoms with Crippen molar-refractivity contribution in [2.75, 3.05) is 9.44 Å². The van der Waals surface area contributed by atoms with Gasteiger partial charge in [0.05, 0.1) is 33.5 Å². The van der Waals surface area contributed by atoms with Gasteiger partial charge < -0.3 is 9.13 Å². The topological polar surface area (TPSA) is 154 Å². The van der Waals surface area contributed by atoms with Gasteiger partial charge in [-0.25, -0.2) is 36.8 Å². The lowest BCUT2D eigenvalue weighted by Crippen LogP contribution is -2.14. The van der Waals surface area contributed by atoms with E-state index < -0.39 is 20.0 Å². The van der Waals surface area contributed by atoms with Crippen LogP contribution >= 0.6 is 23.2 Å². The van der Waals surface area contributed by atoms with Gasteiger partial charge in [0.15, 0.2) is 11.6 Å². The van der Waals surface area contributed by atoms with E-state index in [4.69, 9.17) is 23.2 Å². The third-order valence-electron chi connectivity index (χ3n) is 5.93. The standard InChI is InChI=1S/2C13H11ClN4O2S/c2*1-18-8-15-12-10(18)7-11(14)16-13(12)17-21(19,20)9-5-3-2-4-6-9/h2*2-8H,1H3,(H,16,17). The number of anilines is 2. The largest absolute Gasteiger partial charge is 0.334 e. The number of halogens is 2. The highest BCUT2D eigenvalue weighted by atomic mass is 35.5. The summed E-state index contributed by atoms with van der Waals surface area (Å²) in [5, 5.41) is 0.383. The van der Waals surface area contributed by atoms with Crippen LogP contribution in [0.25, 0.3) is 22.1 Å². The molecule has 4 aromatic heterocycles. The van der Waals surface area contributed by atoms with Crippen LogP contribution in [-0.2, 0) is 34.1 Å². The summed E-state index contributed by atoms with van der Waals surface area (Å²) in [6.45, 7) is 0. The summed E-state index contributed by atoms with van der Waals surface area (Å²) in [4.78, 5) is 16.7. The summed E-state index contributed by atoms with van der Waals surface area (Å²) in [7, 11) is -3.88. The number of fused-ring (bicyclic) bond motifs is 2.